The minimum atomic E-state index is -1.24. The van der Waals surface area contributed by atoms with E-state index >= 15 is 0 Å². The van der Waals surface area contributed by atoms with Gasteiger partial charge in [-0.2, -0.15) is 0 Å². The Balaban J connectivity index is 1.94. The first-order valence-electron chi connectivity index (χ1n) is 10.6. The quantitative estimate of drug-likeness (QED) is 0.381. The van der Waals surface area contributed by atoms with Gasteiger partial charge in [0.1, 0.15) is 11.8 Å². The summed E-state index contributed by atoms with van der Waals surface area (Å²) in [5.74, 6) is -1.22. The van der Waals surface area contributed by atoms with Gasteiger partial charge in [-0.3, -0.25) is 4.79 Å². The van der Waals surface area contributed by atoms with Crippen LogP contribution in [-0.4, -0.2) is 35.2 Å². The number of carbonyl (C=O) groups excluding carboxylic acids is 1. The van der Waals surface area contributed by atoms with Crippen LogP contribution in [0.1, 0.15) is 40.1 Å². The lowest BCUT2D eigenvalue weighted by atomic mass is 9.90. The van der Waals surface area contributed by atoms with Crippen LogP contribution in [-0.2, 0) is 11.2 Å². The average Bonchev–Trinajstić information content (AvgIpc) is 2.78. The van der Waals surface area contributed by atoms with E-state index in [1.165, 1.54) is 12.1 Å². The molecule has 0 fully saturated rings. The van der Waals surface area contributed by atoms with Gasteiger partial charge in [-0.1, -0.05) is 59.6 Å². The molecule has 0 aliphatic rings. The van der Waals surface area contributed by atoms with Gasteiger partial charge in [0.2, 0.25) is 0 Å². The van der Waals surface area contributed by atoms with Gasteiger partial charge in [-0.05, 0) is 54.3 Å². The van der Waals surface area contributed by atoms with E-state index in [0.717, 1.165) is 16.7 Å². The standard InChI is InChI=1S/C26H25Cl2NO5/c1-14-6-4-9-22(34-3)23(14)17-11-10-16(12-18(17)15(2)30)13-21(26(32)33)29-25(31)24-19(27)7-5-8-20(24)28/h4-12,15,21,30H,13H2,1-3H3,(H,29,31)(H,32,33)/t15?,21-/m0/s1. The van der Waals surface area contributed by atoms with Gasteiger partial charge < -0.3 is 20.3 Å². The number of aliphatic hydroxyl groups excluding tert-OH is 1. The van der Waals surface area contributed by atoms with Crippen molar-refractivity contribution in [1.82, 2.24) is 5.32 Å². The number of carboxylic acids is 1. The fourth-order valence-electron chi connectivity index (χ4n) is 3.85. The number of hydrogen-bond donors (Lipinski definition) is 3. The fourth-order valence-corrected chi connectivity index (χ4v) is 4.42. The molecule has 8 heteroatoms. The van der Waals surface area contributed by atoms with Crippen molar-refractivity contribution in [2.45, 2.75) is 32.4 Å². The van der Waals surface area contributed by atoms with Gasteiger partial charge in [-0.25, -0.2) is 4.79 Å². The molecule has 3 aromatic rings. The first-order valence-corrected chi connectivity index (χ1v) is 11.3. The number of rotatable bonds is 8. The largest absolute Gasteiger partial charge is 0.496 e. The Labute approximate surface area is 208 Å². The summed E-state index contributed by atoms with van der Waals surface area (Å²) in [5.41, 5.74) is 3.88. The van der Waals surface area contributed by atoms with E-state index in [1.54, 1.807) is 32.2 Å². The van der Waals surface area contributed by atoms with Crippen LogP contribution in [0.25, 0.3) is 11.1 Å². The number of benzene rings is 3. The second kappa shape index (κ2) is 10.9. The molecule has 0 radical (unpaired) electrons. The molecule has 0 heterocycles. The molecule has 3 rings (SSSR count). The van der Waals surface area contributed by atoms with Crippen molar-refractivity contribution in [2.24, 2.45) is 0 Å². The van der Waals surface area contributed by atoms with E-state index < -0.39 is 24.0 Å². The summed E-state index contributed by atoms with van der Waals surface area (Å²) >= 11 is 12.2. The maximum Gasteiger partial charge on any atom is 0.326 e. The zero-order chi connectivity index (χ0) is 25.0. The summed E-state index contributed by atoms with van der Waals surface area (Å²) in [5, 5.41) is 23.0. The molecule has 3 N–H and O–H groups in total. The molecule has 34 heavy (non-hydrogen) atoms. The third kappa shape index (κ3) is 5.53. The number of ether oxygens (including phenoxy) is 1. The molecular weight excluding hydrogens is 477 g/mol. The summed E-state index contributed by atoms with van der Waals surface area (Å²) in [7, 11) is 1.58. The van der Waals surface area contributed by atoms with E-state index in [-0.39, 0.29) is 22.0 Å². The van der Waals surface area contributed by atoms with Crippen LogP contribution in [0.2, 0.25) is 10.0 Å². The van der Waals surface area contributed by atoms with Crippen LogP contribution in [0.4, 0.5) is 0 Å². The van der Waals surface area contributed by atoms with Crippen LogP contribution in [0.5, 0.6) is 5.75 Å². The maximum atomic E-state index is 12.7. The Morgan fingerprint density at radius 3 is 2.29 bits per heavy atom. The number of hydrogen-bond acceptors (Lipinski definition) is 4. The van der Waals surface area contributed by atoms with Gasteiger partial charge in [0.05, 0.1) is 28.8 Å². The number of carbonyl (C=O) groups is 2. The summed E-state index contributed by atoms with van der Waals surface area (Å²) in [6, 6.07) is 14.4. The molecule has 0 aliphatic carbocycles. The molecule has 6 nitrogen and oxygen atoms in total. The van der Waals surface area contributed by atoms with Crippen LogP contribution in [0, 0.1) is 6.92 Å². The van der Waals surface area contributed by atoms with E-state index in [2.05, 4.69) is 5.32 Å². The molecule has 3 aromatic carbocycles. The lowest BCUT2D eigenvalue weighted by Gasteiger charge is -2.20. The molecule has 2 atom stereocenters. The number of halogens is 2. The normalized spacial score (nSPS) is 12.6. The average molecular weight is 502 g/mol. The number of nitrogens with one attached hydrogen (secondary N) is 1. The molecule has 0 aliphatic heterocycles. The highest BCUT2D eigenvalue weighted by Crippen LogP contribution is 2.38. The Morgan fingerprint density at radius 2 is 1.71 bits per heavy atom. The molecule has 0 aromatic heterocycles. The summed E-state index contributed by atoms with van der Waals surface area (Å²) in [6.45, 7) is 3.59. The van der Waals surface area contributed by atoms with Crippen molar-refractivity contribution >= 4 is 35.1 Å². The van der Waals surface area contributed by atoms with Gasteiger partial charge in [0.25, 0.3) is 5.91 Å². The van der Waals surface area contributed by atoms with Crippen molar-refractivity contribution in [3.63, 3.8) is 0 Å². The second-order valence-electron chi connectivity index (χ2n) is 7.91. The SMILES string of the molecule is COc1cccc(C)c1-c1ccc(C[C@H](NC(=O)c2c(Cl)cccc2Cl)C(=O)O)cc1C(C)O. The van der Waals surface area contributed by atoms with Crippen molar-refractivity contribution in [3.8, 4) is 16.9 Å². The molecule has 0 bridgehead atoms. The molecule has 0 saturated heterocycles. The predicted octanol–water partition coefficient (Wildman–Crippen LogP) is 5.46. The van der Waals surface area contributed by atoms with Crippen molar-refractivity contribution < 1.29 is 24.5 Å². The first-order chi connectivity index (χ1) is 16.1. The Morgan fingerprint density at radius 1 is 1.06 bits per heavy atom. The third-order valence-electron chi connectivity index (χ3n) is 5.52. The van der Waals surface area contributed by atoms with E-state index in [0.29, 0.717) is 16.9 Å². The third-order valence-corrected chi connectivity index (χ3v) is 6.15. The minimum Gasteiger partial charge on any atom is -0.496 e. The Kier molecular flexibility index (Phi) is 8.20. The molecule has 0 spiro atoms. The first kappa shape index (κ1) is 25.6. The lowest BCUT2D eigenvalue weighted by Crippen LogP contribution is -2.42. The number of aliphatic hydroxyl groups is 1. The summed E-state index contributed by atoms with van der Waals surface area (Å²) in [4.78, 5) is 24.6. The molecular formula is C26H25Cl2NO5. The van der Waals surface area contributed by atoms with E-state index in [9.17, 15) is 19.8 Å². The van der Waals surface area contributed by atoms with Crippen molar-refractivity contribution in [1.29, 1.82) is 0 Å². The predicted molar refractivity (Wildman–Crippen MR) is 133 cm³/mol. The molecule has 1 unspecified atom stereocenters. The number of amides is 1. The topological polar surface area (TPSA) is 95.9 Å². The van der Waals surface area contributed by atoms with Crippen LogP contribution < -0.4 is 10.1 Å². The summed E-state index contributed by atoms with van der Waals surface area (Å²) in [6.07, 6.45) is -0.826. The van der Waals surface area contributed by atoms with Crippen LogP contribution in [0.15, 0.2) is 54.6 Å². The van der Waals surface area contributed by atoms with Gasteiger partial charge >= 0.3 is 5.97 Å². The fraction of sp³-hybridized carbons (Fsp3) is 0.231. The number of carboxylic acid groups (broad SMARTS) is 1. The number of methoxy groups -OCH3 is 1. The highest BCUT2D eigenvalue weighted by atomic mass is 35.5. The molecule has 0 saturated carbocycles. The molecule has 178 valence electrons. The smallest absolute Gasteiger partial charge is 0.326 e. The molecule has 1 amide bonds. The second-order valence-corrected chi connectivity index (χ2v) is 8.73. The summed E-state index contributed by atoms with van der Waals surface area (Å²) < 4.78 is 5.52. The number of aliphatic carboxylic acids is 1. The van der Waals surface area contributed by atoms with E-state index in [4.69, 9.17) is 27.9 Å². The van der Waals surface area contributed by atoms with Crippen molar-refractivity contribution in [2.75, 3.05) is 7.11 Å². The Bertz CT molecular complexity index is 1210. The zero-order valence-corrected chi connectivity index (χ0v) is 20.4. The van der Waals surface area contributed by atoms with Crippen LogP contribution >= 0.6 is 23.2 Å². The highest BCUT2D eigenvalue weighted by Gasteiger charge is 2.25. The highest BCUT2D eigenvalue weighted by molar-refractivity contribution is 6.39. The number of aryl methyl sites for hydroxylation is 1. The lowest BCUT2D eigenvalue weighted by molar-refractivity contribution is -0.139. The van der Waals surface area contributed by atoms with Gasteiger partial charge in [0.15, 0.2) is 0 Å². The van der Waals surface area contributed by atoms with E-state index in [1.807, 2.05) is 31.2 Å². The Hall–Kier alpha value is -3.06. The zero-order valence-electron chi connectivity index (χ0n) is 18.9. The van der Waals surface area contributed by atoms with Gasteiger partial charge in [0, 0.05) is 12.0 Å². The minimum absolute atomic E-state index is 0.00590. The van der Waals surface area contributed by atoms with Crippen molar-refractivity contribution in [3.05, 3.63) is 86.9 Å². The van der Waals surface area contributed by atoms with Crippen LogP contribution in [0.3, 0.4) is 0 Å². The maximum absolute atomic E-state index is 12.7. The van der Waals surface area contributed by atoms with Gasteiger partial charge in [-0.15, -0.1) is 0 Å². The monoisotopic (exact) mass is 501 g/mol.